The first kappa shape index (κ1) is 28.4. The lowest BCUT2D eigenvalue weighted by molar-refractivity contribution is 0.287. The van der Waals surface area contributed by atoms with Crippen LogP contribution in [-0.2, 0) is 0 Å². The third-order valence-electron chi connectivity index (χ3n) is 7.02. The molecule has 0 N–H and O–H groups in total. The van der Waals surface area contributed by atoms with Crippen molar-refractivity contribution in [3.8, 4) is 34.5 Å². The van der Waals surface area contributed by atoms with Crippen LogP contribution in [0.15, 0.2) is 51.4 Å². The van der Waals surface area contributed by atoms with Crippen LogP contribution >= 0.6 is 0 Å². The fourth-order valence-electron chi connectivity index (χ4n) is 5.41. The summed E-state index contributed by atoms with van der Waals surface area (Å²) < 4.78 is 35.8. The smallest absolute Gasteiger partial charge is 0.163 e. The highest BCUT2D eigenvalue weighted by atomic mass is 16.5. The van der Waals surface area contributed by atoms with E-state index < -0.39 is 0 Å². The van der Waals surface area contributed by atoms with Crippen LogP contribution in [0.1, 0.15) is 58.2 Å². The molecule has 0 saturated carbocycles. The minimum Gasteiger partial charge on any atom is -0.490 e. The molecule has 0 bridgehead atoms. The quantitative estimate of drug-likeness (QED) is 0.227. The van der Waals surface area contributed by atoms with Crippen LogP contribution in [0, 0.1) is 0 Å². The number of rotatable bonds is 12. The molecule has 0 saturated heterocycles. The van der Waals surface area contributed by atoms with Crippen LogP contribution in [0.25, 0.3) is 0 Å². The van der Waals surface area contributed by atoms with Crippen LogP contribution in [-0.4, -0.2) is 62.0 Å². The lowest BCUT2D eigenvalue weighted by Crippen LogP contribution is -2.48. The molecular formula is C33H36N4O6. The summed E-state index contributed by atoms with van der Waals surface area (Å²) in [5.74, 6) is 5.82. The van der Waals surface area contributed by atoms with Crippen molar-refractivity contribution in [2.24, 2.45) is 15.0 Å². The average Bonchev–Trinajstić information content (AvgIpc) is 2.99. The van der Waals surface area contributed by atoms with Crippen molar-refractivity contribution in [1.29, 1.82) is 0 Å². The zero-order valence-corrected chi connectivity index (χ0v) is 25.4. The second-order valence-corrected chi connectivity index (χ2v) is 9.69. The number of benzene rings is 3. The van der Waals surface area contributed by atoms with Crippen LogP contribution in [0.3, 0.4) is 0 Å². The summed E-state index contributed by atoms with van der Waals surface area (Å²) in [6.45, 7) is 14.7. The molecule has 0 aliphatic carbocycles. The van der Waals surface area contributed by atoms with Gasteiger partial charge in [-0.05, 0) is 59.7 Å². The molecule has 10 nitrogen and oxygen atoms in total. The van der Waals surface area contributed by atoms with E-state index in [-0.39, 0.29) is 0 Å². The number of ether oxygens (including phenoxy) is 6. The first-order chi connectivity index (χ1) is 21.0. The Hall–Kier alpha value is -4.73. The van der Waals surface area contributed by atoms with E-state index in [1.54, 1.807) is 0 Å². The Bertz CT molecular complexity index is 1470. The maximum Gasteiger partial charge on any atom is 0.163 e. The van der Waals surface area contributed by atoms with E-state index in [4.69, 9.17) is 43.4 Å². The Balaban J connectivity index is 1.66. The predicted molar refractivity (Wildman–Crippen MR) is 167 cm³/mol. The van der Waals surface area contributed by atoms with Crippen molar-refractivity contribution < 1.29 is 28.4 Å². The molecule has 3 aliphatic heterocycles. The van der Waals surface area contributed by atoms with Gasteiger partial charge >= 0.3 is 0 Å². The number of fused-ring (bicyclic) bond motifs is 6. The number of amidine groups is 3. The molecule has 3 heterocycles. The molecular weight excluding hydrogens is 548 g/mol. The van der Waals surface area contributed by atoms with Crippen LogP contribution < -0.4 is 28.4 Å². The van der Waals surface area contributed by atoms with E-state index in [1.807, 2.05) is 82.8 Å². The first-order valence-electron chi connectivity index (χ1n) is 14.9. The molecule has 6 rings (SSSR count). The van der Waals surface area contributed by atoms with Gasteiger partial charge in [0.25, 0.3) is 0 Å². The summed E-state index contributed by atoms with van der Waals surface area (Å²) in [4.78, 5) is 17.5. The van der Waals surface area contributed by atoms with Gasteiger partial charge in [0.1, 0.15) is 17.5 Å². The van der Waals surface area contributed by atoms with Gasteiger partial charge in [-0.3, -0.25) is 4.90 Å². The van der Waals surface area contributed by atoms with E-state index in [9.17, 15) is 0 Å². The summed E-state index contributed by atoms with van der Waals surface area (Å²) in [6, 6.07) is 11.6. The summed E-state index contributed by atoms with van der Waals surface area (Å²) in [6.07, 6.45) is 0. The molecule has 224 valence electrons. The van der Waals surface area contributed by atoms with Gasteiger partial charge in [-0.15, -0.1) is 0 Å². The van der Waals surface area contributed by atoms with Crippen molar-refractivity contribution in [1.82, 2.24) is 4.90 Å². The first-order valence-corrected chi connectivity index (χ1v) is 14.9. The fourth-order valence-corrected chi connectivity index (χ4v) is 5.41. The molecule has 0 spiro atoms. The second-order valence-electron chi connectivity index (χ2n) is 9.69. The summed E-state index contributed by atoms with van der Waals surface area (Å²) in [5, 5.41) is 0. The third kappa shape index (κ3) is 4.90. The van der Waals surface area contributed by atoms with Gasteiger partial charge in [-0.2, -0.15) is 0 Å². The van der Waals surface area contributed by atoms with Gasteiger partial charge in [0.05, 0.1) is 56.7 Å². The second kappa shape index (κ2) is 11.9. The standard InChI is InChI=1S/C33H36N4O6/c1-7-38-25-13-19-22(16-28(25)41-10-4)34-32-21-15-27(40-9-3)30(43-12-6)18-24(21)36-33-20-14-26(39-8-2)29(42-11-5)17-23(20)35-31(19)37(32)33/h13-18H,7-12H2,1-6H3. The topological polar surface area (TPSA) is 95.7 Å². The minimum absolute atomic E-state index is 0.493. The van der Waals surface area contributed by atoms with E-state index in [0.29, 0.717) is 91.6 Å². The lowest BCUT2D eigenvalue weighted by Gasteiger charge is -2.39. The number of aliphatic imine (C=N–C) groups is 3. The normalized spacial score (nSPS) is 13.8. The van der Waals surface area contributed by atoms with Crippen molar-refractivity contribution in [3.63, 3.8) is 0 Å². The Morgan fingerprint density at radius 2 is 0.628 bits per heavy atom. The van der Waals surface area contributed by atoms with Gasteiger partial charge in [0, 0.05) is 34.9 Å². The van der Waals surface area contributed by atoms with Gasteiger partial charge in [0.2, 0.25) is 0 Å². The largest absolute Gasteiger partial charge is 0.490 e. The molecule has 0 amide bonds. The molecule has 0 atom stereocenters. The summed E-state index contributed by atoms with van der Waals surface area (Å²) in [7, 11) is 0. The molecule has 0 radical (unpaired) electrons. The van der Waals surface area contributed by atoms with Crippen molar-refractivity contribution in [3.05, 3.63) is 53.1 Å². The number of hydrogen-bond donors (Lipinski definition) is 0. The van der Waals surface area contributed by atoms with E-state index in [0.717, 1.165) is 33.8 Å². The highest BCUT2D eigenvalue weighted by Crippen LogP contribution is 2.48. The molecule has 3 aromatic carbocycles. The molecule has 10 heteroatoms. The Kier molecular flexibility index (Phi) is 7.84. The highest BCUT2D eigenvalue weighted by Gasteiger charge is 2.41. The zero-order valence-electron chi connectivity index (χ0n) is 25.4. The fraction of sp³-hybridized carbons (Fsp3) is 0.364. The van der Waals surface area contributed by atoms with Crippen LogP contribution in [0.5, 0.6) is 34.5 Å². The Morgan fingerprint density at radius 3 is 0.860 bits per heavy atom. The maximum absolute atomic E-state index is 5.98. The van der Waals surface area contributed by atoms with Crippen molar-refractivity contribution in [2.75, 3.05) is 39.6 Å². The zero-order chi connectivity index (χ0) is 30.1. The Morgan fingerprint density at radius 1 is 0.395 bits per heavy atom. The summed E-state index contributed by atoms with van der Waals surface area (Å²) in [5.41, 5.74) is 4.57. The minimum atomic E-state index is 0.493. The van der Waals surface area contributed by atoms with Crippen molar-refractivity contribution in [2.45, 2.75) is 41.5 Å². The molecule has 0 fully saturated rings. The van der Waals surface area contributed by atoms with E-state index >= 15 is 0 Å². The van der Waals surface area contributed by atoms with E-state index in [2.05, 4.69) is 0 Å². The van der Waals surface area contributed by atoms with E-state index in [1.165, 1.54) is 0 Å². The lowest BCUT2D eigenvalue weighted by atomic mass is 9.97. The number of nitrogens with zero attached hydrogens (tertiary/aromatic N) is 4. The predicted octanol–water partition coefficient (Wildman–Crippen LogP) is 6.96. The van der Waals surface area contributed by atoms with Crippen LogP contribution in [0.4, 0.5) is 17.1 Å². The maximum atomic E-state index is 5.98. The van der Waals surface area contributed by atoms with Gasteiger partial charge in [-0.1, -0.05) is 0 Å². The molecule has 43 heavy (non-hydrogen) atoms. The van der Waals surface area contributed by atoms with Gasteiger partial charge in [0.15, 0.2) is 34.5 Å². The SMILES string of the molecule is CCOc1cc2c(cc1OCC)C1=Nc3cc(OCC)c(OCC)cc3C3=Nc4cc(OCC)c(OCC)cc4C(=N2)N13. The Labute approximate surface area is 251 Å². The molecule has 3 aliphatic rings. The van der Waals surface area contributed by atoms with Crippen molar-refractivity contribution >= 4 is 34.6 Å². The highest BCUT2D eigenvalue weighted by molar-refractivity contribution is 6.36. The average molecular weight is 585 g/mol. The summed E-state index contributed by atoms with van der Waals surface area (Å²) >= 11 is 0. The van der Waals surface area contributed by atoms with Gasteiger partial charge < -0.3 is 28.4 Å². The monoisotopic (exact) mass is 584 g/mol. The van der Waals surface area contributed by atoms with Crippen LogP contribution in [0.2, 0.25) is 0 Å². The number of hydrogen-bond acceptors (Lipinski definition) is 10. The van der Waals surface area contributed by atoms with Gasteiger partial charge in [-0.25, -0.2) is 15.0 Å². The molecule has 0 aromatic heterocycles. The third-order valence-corrected chi connectivity index (χ3v) is 7.02. The molecule has 0 unspecified atom stereocenters. The molecule has 3 aromatic rings.